The van der Waals surface area contributed by atoms with Gasteiger partial charge in [0, 0.05) is 0 Å². The van der Waals surface area contributed by atoms with Crippen LogP contribution in [0.2, 0.25) is 0 Å². The summed E-state index contributed by atoms with van der Waals surface area (Å²) in [6.45, 7) is 0.782. The predicted molar refractivity (Wildman–Crippen MR) is 48.8 cm³/mol. The second kappa shape index (κ2) is 2.74. The quantitative estimate of drug-likeness (QED) is 0.578. The molecule has 0 aromatic heterocycles. The van der Waals surface area contributed by atoms with Crippen molar-refractivity contribution >= 4 is 5.69 Å². The van der Waals surface area contributed by atoms with Crippen LogP contribution in [0.1, 0.15) is 0 Å². The monoisotopic (exact) mass is 160 g/mol. The first-order chi connectivity index (χ1) is 5.86. The normalized spacial score (nSPS) is 14.4. The molecule has 0 aliphatic carbocycles. The lowest BCUT2D eigenvalue weighted by Gasteiger charge is -2.04. The molecule has 0 bridgehead atoms. The third-order valence-corrected chi connectivity index (χ3v) is 1.74. The minimum absolute atomic E-state index is 0.782. The lowest BCUT2D eigenvalue weighted by molar-refractivity contribution is 0.514. The Hall–Kier alpha value is -1.69. The zero-order valence-electron chi connectivity index (χ0n) is 6.94. The molecule has 60 valence electrons. The average molecular weight is 160 g/mol. The van der Waals surface area contributed by atoms with Gasteiger partial charge in [0.05, 0.1) is 12.7 Å². The Morgan fingerprint density at radius 1 is 1.33 bits per heavy atom. The maximum Gasteiger partial charge on any atom is 0.410 e. The first-order valence-corrected chi connectivity index (χ1v) is 3.86. The van der Waals surface area contributed by atoms with E-state index < -0.39 is 0 Å². The van der Waals surface area contributed by atoms with Gasteiger partial charge in [-0.2, -0.15) is 4.90 Å². The number of para-hydroxylation sites is 1. The maximum absolute atomic E-state index is 4.10. The zero-order chi connectivity index (χ0) is 8.39. The van der Waals surface area contributed by atoms with Crippen LogP contribution in [0.25, 0.3) is 4.95 Å². The van der Waals surface area contributed by atoms with Crippen molar-refractivity contribution in [2.24, 2.45) is 0 Å². The molecule has 1 aromatic rings. The highest BCUT2D eigenvalue weighted by Gasteiger charge is 2.20. The largest absolute Gasteiger partial charge is 0.410 e. The molecule has 0 fully saturated rings. The van der Waals surface area contributed by atoms with Crippen molar-refractivity contribution in [3.63, 3.8) is 0 Å². The number of hydrogen-bond acceptors (Lipinski definition) is 2. The van der Waals surface area contributed by atoms with Gasteiger partial charge >= 0.3 is 6.19 Å². The first-order valence-electron chi connectivity index (χ1n) is 3.86. The second-order valence-corrected chi connectivity index (χ2v) is 2.77. The van der Waals surface area contributed by atoms with Crippen molar-refractivity contribution in [3.8, 4) is 6.19 Å². The van der Waals surface area contributed by atoms with Crippen LogP contribution in [0.5, 0.6) is 0 Å². The fourth-order valence-electron chi connectivity index (χ4n) is 1.13. The summed E-state index contributed by atoms with van der Waals surface area (Å²) in [4.78, 5) is 6.01. The molecule has 3 nitrogen and oxygen atoms in total. The van der Waals surface area contributed by atoms with Gasteiger partial charge in [-0.1, -0.05) is 23.2 Å². The van der Waals surface area contributed by atoms with Gasteiger partial charge in [0.2, 0.25) is 6.67 Å². The molecule has 0 saturated heterocycles. The summed E-state index contributed by atoms with van der Waals surface area (Å²) in [7, 11) is 1.95. The minimum Gasteiger partial charge on any atom is -0.187 e. The topological polar surface area (TPSA) is 10.8 Å². The van der Waals surface area contributed by atoms with E-state index in [-0.39, 0.29) is 0 Å². The van der Waals surface area contributed by atoms with Crippen LogP contribution < -0.4 is 5.01 Å². The highest BCUT2D eigenvalue weighted by molar-refractivity contribution is 5.48. The van der Waals surface area contributed by atoms with Crippen LogP contribution in [-0.2, 0) is 0 Å². The average Bonchev–Trinajstić information content (AvgIpc) is 2.54. The Bertz CT molecular complexity index is 323. The van der Waals surface area contributed by atoms with Crippen molar-refractivity contribution < 1.29 is 0 Å². The molecule has 1 aromatic carbocycles. The molecule has 0 saturated carbocycles. The van der Waals surface area contributed by atoms with Gasteiger partial charge in [0.25, 0.3) is 0 Å². The zero-order valence-corrected chi connectivity index (χ0v) is 6.94. The Morgan fingerprint density at radius 2 is 2.08 bits per heavy atom. The van der Waals surface area contributed by atoms with Crippen molar-refractivity contribution in [3.05, 3.63) is 35.3 Å². The van der Waals surface area contributed by atoms with Gasteiger partial charge in [-0.05, 0) is 17.1 Å². The molecule has 0 amide bonds. The number of benzene rings is 1. The van der Waals surface area contributed by atoms with Crippen molar-refractivity contribution in [2.45, 2.75) is 0 Å². The minimum atomic E-state index is 0.782. The SMILES string of the molecule is CN1C#[N+]N(c2ccccc2)C1. The van der Waals surface area contributed by atoms with Gasteiger partial charge in [-0.25, -0.2) is 0 Å². The summed E-state index contributed by atoms with van der Waals surface area (Å²) in [5, 5.41) is 1.90. The summed E-state index contributed by atoms with van der Waals surface area (Å²) >= 11 is 0. The predicted octanol–water partition coefficient (Wildman–Crippen LogP) is 1.60. The second-order valence-electron chi connectivity index (χ2n) is 2.77. The van der Waals surface area contributed by atoms with Crippen molar-refractivity contribution in [1.82, 2.24) is 4.90 Å². The summed E-state index contributed by atoms with van der Waals surface area (Å²) in [5.74, 6) is 0. The van der Waals surface area contributed by atoms with Gasteiger partial charge in [0.1, 0.15) is 0 Å². The van der Waals surface area contributed by atoms with Crippen LogP contribution in [0.3, 0.4) is 0 Å². The maximum atomic E-state index is 4.10. The molecule has 2 rings (SSSR count). The van der Waals surface area contributed by atoms with Crippen LogP contribution in [0, 0.1) is 6.19 Å². The van der Waals surface area contributed by atoms with E-state index in [1.165, 1.54) is 0 Å². The number of anilines is 1. The molecule has 1 aliphatic rings. The fourth-order valence-corrected chi connectivity index (χ4v) is 1.13. The highest BCUT2D eigenvalue weighted by atomic mass is 15.5. The van der Waals surface area contributed by atoms with Crippen LogP contribution in [-0.4, -0.2) is 18.6 Å². The van der Waals surface area contributed by atoms with Crippen molar-refractivity contribution in [1.29, 1.82) is 0 Å². The molecule has 1 aliphatic heterocycles. The Morgan fingerprint density at radius 3 is 2.67 bits per heavy atom. The van der Waals surface area contributed by atoms with Gasteiger partial charge in [-0.3, -0.25) is 0 Å². The smallest absolute Gasteiger partial charge is 0.187 e. The lowest BCUT2D eigenvalue weighted by atomic mass is 10.3. The molecule has 12 heavy (non-hydrogen) atoms. The van der Waals surface area contributed by atoms with Gasteiger partial charge < -0.3 is 0 Å². The highest BCUT2D eigenvalue weighted by Crippen LogP contribution is 2.15. The third-order valence-electron chi connectivity index (χ3n) is 1.74. The summed E-state index contributed by atoms with van der Waals surface area (Å²) in [5.41, 5.74) is 1.11. The lowest BCUT2D eigenvalue weighted by Crippen LogP contribution is -2.22. The van der Waals surface area contributed by atoms with Crippen LogP contribution in [0.4, 0.5) is 5.69 Å². The van der Waals surface area contributed by atoms with E-state index in [4.69, 9.17) is 0 Å². The van der Waals surface area contributed by atoms with Crippen LogP contribution >= 0.6 is 0 Å². The van der Waals surface area contributed by atoms with Crippen LogP contribution in [0.15, 0.2) is 30.3 Å². The number of hydrogen-bond donors (Lipinski definition) is 0. The van der Waals surface area contributed by atoms with E-state index in [0.29, 0.717) is 0 Å². The van der Waals surface area contributed by atoms with E-state index >= 15 is 0 Å². The van der Waals surface area contributed by atoms with Gasteiger partial charge in [-0.15, -0.1) is 0 Å². The Balaban J connectivity index is 2.20. The summed E-state index contributed by atoms with van der Waals surface area (Å²) in [6, 6.07) is 10.1. The first kappa shape index (κ1) is 6.99. The molecular formula is C9H10N3+. The van der Waals surface area contributed by atoms with E-state index in [1.807, 2.05) is 47.3 Å². The summed E-state index contributed by atoms with van der Waals surface area (Å²) < 4.78 is 0. The van der Waals surface area contributed by atoms with E-state index in [2.05, 4.69) is 11.1 Å². The molecule has 0 spiro atoms. The molecule has 1 heterocycles. The van der Waals surface area contributed by atoms with E-state index in [9.17, 15) is 0 Å². The molecule has 0 atom stereocenters. The number of nitrogens with zero attached hydrogens (tertiary/aromatic N) is 3. The molecule has 0 radical (unpaired) electrons. The van der Waals surface area contributed by atoms with E-state index in [0.717, 1.165) is 12.4 Å². The number of rotatable bonds is 1. The Labute approximate surface area is 71.6 Å². The molecule has 0 N–H and O–H groups in total. The van der Waals surface area contributed by atoms with Gasteiger partial charge in [0.15, 0.2) is 0 Å². The molecular weight excluding hydrogens is 150 g/mol. The molecule has 0 unspecified atom stereocenters. The third kappa shape index (κ3) is 1.19. The van der Waals surface area contributed by atoms with Crippen molar-refractivity contribution in [2.75, 3.05) is 18.7 Å². The fraction of sp³-hybridized carbons (Fsp3) is 0.222. The summed E-state index contributed by atoms with van der Waals surface area (Å²) in [6.07, 6.45) is 2.85. The molecule has 3 heteroatoms. The van der Waals surface area contributed by atoms with E-state index in [1.54, 1.807) is 0 Å². The standard InChI is InChI=1S/C9H10N3/c1-11-7-10-12(8-11)9-5-3-2-4-6-9/h2-6H,8H2,1H3/q+1. The Kier molecular flexibility index (Phi) is 1.60.